The van der Waals surface area contributed by atoms with Crippen molar-refractivity contribution in [3.63, 3.8) is 0 Å². The molecule has 2 heterocycles. The van der Waals surface area contributed by atoms with Crippen molar-refractivity contribution in [3.8, 4) is 0 Å². The predicted octanol–water partition coefficient (Wildman–Crippen LogP) is 2.67. The van der Waals surface area contributed by atoms with Crippen LogP contribution in [0.4, 0.5) is 0 Å². The summed E-state index contributed by atoms with van der Waals surface area (Å²) in [5, 5.41) is 1.00. The van der Waals surface area contributed by atoms with Gasteiger partial charge in [-0.1, -0.05) is 6.07 Å². The highest BCUT2D eigenvalue weighted by Gasteiger charge is 2.12. The molecule has 0 saturated heterocycles. The van der Waals surface area contributed by atoms with Crippen LogP contribution in [0.1, 0.15) is 15.9 Å². The van der Waals surface area contributed by atoms with Crippen LogP contribution in [0.2, 0.25) is 0 Å². The molecule has 0 radical (unpaired) electrons. The third-order valence-corrected chi connectivity index (χ3v) is 3.46. The van der Waals surface area contributed by atoms with Crippen LogP contribution in [0.5, 0.6) is 0 Å². The van der Waals surface area contributed by atoms with Crippen molar-refractivity contribution in [2.24, 2.45) is 0 Å². The maximum atomic E-state index is 11.5. The SMILES string of the molecule is COC(=O)c1ccc2c(Cn3ccnc3)cn(Cl)c2c1. The minimum atomic E-state index is -0.374. The Hall–Kier alpha value is -2.27. The van der Waals surface area contributed by atoms with Gasteiger partial charge in [0.1, 0.15) is 0 Å². The Bertz CT molecular complexity index is 762. The number of hydrogen-bond donors (Lipinski definition) is 0. The molecule has 1 aromatic carbocycles. The standard InChI is InChI=1S/C14H12ClN3O2/c1-20-14(19)10-2-3-12-11(7-17-5-4-16-9-17)8-18(15)13(12)6-10/h2-6,8-9H,7H2,1H3. The van der Waals surface area contributed by atoms with Gasteiger partial charge in [-0.2, -0.15) is 0 Å². The third kappa shape index (κ3) is 2.16. The number of methoxy groups -OCH3 is 1. The lowest BCUT2D eigenvalue weighted by molar-refractivity contribution is 0.0601. The predicted molar refractivity (Wildman–Crippen MR) is 75.9 cm³/mol. The number of imidazole rings is 1. The summed E-state index contributed by atoms with van der Waals surface area (Å²) >= 11 is 6.18. The molecule has 0 aliphatic rings. The lowest BCUT2D eigenvalue weighted by Gasteiger charge is -2.02. The maximum absolute atomic E-state index is 11.5. The van der Waals surface area contributed by atoms with Crippen LogP contribution in [-0.4, -0.2) is 26.7 Å². The number of carbonyl (C=O) groups excluding carboxylic acids is 1. The summed E-state index contributed by atoms with van der Waals surface area (Å²) in [7, 11) is 1.36. The summed E-state index contributed by atoms with van der Waals surface area (Å²) in [4.78, 5) is 15.6. The lowest BCUT2D eigenvalue weighted by Crippen LogP contribution is -2.00. The van der Waals surface area contributed by atoms with Gasteiger partial charge >= 0.3 is 5.97 Å². The van der Waals surface area contributed by atoms with E-state index in [1.54, 1.807) is 24.7 Å². The number of benzene rings is 1. The fourth-order valence-corrected chi connectivity index (χ4v) is 2.46. The second-order valence-corrected chi connectivity index (χ2v) is 4.79. The van der Waals surface area contributed by atoms with Crippen LogP contribution in [0.25, 0.3) is 10.9 Å². The highest BCUT2D eigenvalue weighted by atomic mass is 35.5. The van der Waals surface area contributed by atoms with Crippen molar-refractivity contribution >= 4 is 28.6 Å². The zero-order valence-corrected chi connectivity index (χ0v) is 11.5. The molecule has 0 saturated carbocycles. The molecule has 3 aromatic rings. The number of aromatic nitrogens is 3. The Kier molecular flexibility index (Phi) is 3.20. The number of halogens is 1. The first-order chi connectivity index (χ1) is 9.69. The highest BCUT2D eigenvalue weighted by Crippen LogP contribution is 2.24. The van der Waals surface area contributed by atoms with Gasteiger partial charge in [0.25, 0.3) is 0 Å². The molecule has 102 valence electrons. The van der Waals surface area contributed by atoms with Gasteiger partial charge in [0.2, 0.25) is 0 Å². The normalized spacial score (nSPS) is 10.9. The topological polar surface area (TPSA) is 49.1 Å². The number of fused-ring (bicyclic) bond motifs is 1. The molecule has 0 spiro atoms. The van der Waals surface area contributed by atoms with E-state index in [1.165, 1.54) is 11.2 Å². The van der Waals surface area contributed by atoms with Crippen molar-refractivity contribution in [3.05, 3.63) is 54.2 Å². The molecular formula is C14H12ClN3O2. The Morgan fingerprint density at radius 2 is 2.30 bits per heavy atom. The van der Waals surface area contributed by atoms with Crippen molar-refractivity contribution in [2.75, 3.05) is 7.11 Å². The zero-order valence-electron chi connectivity index (χ0n) is 10.8. The number of hydrogen-bond acceptors (Lipinski definition) is 3. The zero-order chi connectivity index (χ0) is 14.1. The van der Waals surface area contributed by atoms with E-state index in [9.17, 15) is 4.79 Å². The number of carbonyl (C=O) groups is 1. The van der Waals surface area contributed by atoms with Crippen molar-refractivity contribution < 1.29 is 9.53 Å². The van der Waals surface area contributed by atoms with E-state index in [0.29, 0.717) is 12.1 Å². The minimum absolute atomic E-state index is 0.374. The van der Waals surface area contributed by atoms with Crippen molar-refractivity contribution in [1.82, 2.24) is 13.6 Å². The van der Waals surface area contributed by atoms with E-state index in [4.69, 9.17) is 16.5 Å². The molecule has 20 heavy (non-hydrogen) atoms. The Labute approximate surface area is 120 Å². The van der Waals surface area contributed by atoms with Gasteiger partial charge in [-0.05, 0) is 17.7 Å². The molecular weight excluding hydrogens is 278 g/mol. The van der Waals surface area contributed by atoms with Crippen molar-refractivity contribution in [2.45, 2.75) is 6.54 Å². The third-order valence-electron chi connectivity index (χ3n) is 3.18. The van der Waals surface area contributed by atoms with Crippen LogP contribution in [0.3, 0.4) is 0 Å². The number of rotatable bonds is 3. The van der Waals surface area contributed by atoms with Crippen LogP contribution in [0, 0.1) is 0 Å². The Morgan fingerprint density at radius 1 is 1.45 bits per heavy atom. The van der Waals surface area contributed by atoms with Crippen LogP contribution >= 0.6 is 11.8 Å². The van der Waals surface area contributed by atoms with Crippen LogP contribution in [0.15, 0.2) is 43.1 Å². The summed E-state index contributed by atoms with van der Waals surface area (Å²) in [6, 6.07) is 5.35. The fourth-order valence-electron chi connectivity index (χ4n) is 2.20. The number of esters is 1. The van der Waals surface area contributed by atoms with Gasteiger partial charge in [0.15, 0.2) is 0 Å². The molecule has 5 nitrogen and oxygen atoms in total. The van der Waals surface area contributed by atoms with Gasteiger partial charge in [-0.25, -0.2) is 9.78 Å². The first-order valence-electron chi connectivity index (χ1n) is 6.03. The average molecular weight is 290 g/mol. The molecule has 0 fully saturated rings. The quantitative estimate of drug-likeness (QED) is 0.697. The minimum Gasteiger partial charge on any atom is -0.465 e. The highest BCUT2D eigenvalue weighted by molar-refractivity contribution is 6.19. The number of nitrogens with zero attached hydrogens (tertiary/aromatic N) is 3. The van der Waals surface area contributed by atoms with Gasteiger partial charge in [0.05, 0.1) is 31.1 Å². The molecule has 2 aromatic heterocycles. The van der Waals surface area contributed by atoms with Crippen LogP contribution < -0.4 is 0 Å². The first-order valence-corrected chi connectivity index (χ1v) is 6.37. The molecule has 0 aliphatic heterocycles. The van der Waals surface area contributed by atoms with Gasteiger partial charge in [0, 0.05) is 35.8 Å². The maximum Gasteiger partial charge on any atom is 0.337 e. The molecule has 0 atom stereocenters. The summed E-state index contributed by atoms with van der Waals surface area (Å²) in [6.45, 7) is 0.674. The van der Waals surface area contributed by atoms with Gasteiger partial charge < -0.3 is 9.30 Å². The lowest BCUT2D eigenvalue weighted by atomic mass is 10.1. The second kappa shape index (κ2) is 5.02. The second-order valence-electron chi connectivity index (χ2n) is 4.42. The average Bonchev–Trinajstić information content (AvgIpc) is 3.07. The van der Waals surface area contributed by atoms with E-state index < -0.39 is 0 Å². The smallest absolute Gasteiger partial charge is 0.337 e. The summed E-state index contributed by atoms with van der Waals surface area (Å²) in [5.74, 6) is -0.374. The molecule has 0 unspecified atom stereocenters. The van der Waals surface area contributed by atoms with E-state index in [2.05, 4.69) is 4.98 Å². The fraction of sp³-hybridized carbons (Fsp3) is 0.143. The monoisotopic (exact) mass is 289 g/mol. The summed E-state index contributed by atoms with van der Waals surface area (Å²) < 4.78 is 8.17. The first kappa shape index (κ1) is 12.7. The van der Waals surface area contributed by atoms with E-state index in [-0.39, 0.29) is 5.97 Å². The van der Waals surface area contributed by atoms with Gasteiger partial charge in [-0.15, -0.1) is 0 Å². The van der Waals surface area contributed by atoms with Gasteiger partial charge in [-0.3, -0.25) is 4.09 Å². The summed E-state index contributed by atoms with van der Waals surface area (Å²) in [6.07, 6.45) is 7.21. The van der Waals surface area contributed by atoms with E-state index >= 15 is 0 Å². The molecule has 0 bridgehead atoms. The molecule has 6 heteroatoms. The van der Waals surface area contributed by atoms with E-state index in [1.807, 2.05) is 23.0 Å². The summed E-state index contributed by atoms with van der Waals surface area (Å²) in [5.41, 5.74) is 2.32. The Morgan fingerprint density at radius 3 is 3.00 bits per heavy atom. The molecule has 0 amide bonds. The van der Waals surface area contributed by atoms with Crippen LogP contribution in [-0.2, 0) is 11.3 Å². The van der Waals surface area contributed by atoms with Crippen molar-refractivity contribution in [1.29, 1.82) is 0 Å². The largest absolute Gasteiger partial charge is 0.465 e. The molecule has 0 aliphatic carbocycles. The van der Waals surface area contributed by atoms with E-state index in [0.717, 1.165) is 16.5 Å². The number of ether oxygens (including phenoxy) is 1. The molecule has 3 rings (SSSR count). The molecule has 0 N–H and O–H groups in total. The Balaban J connectivity index is 2.05.